The summed E-state index contributed by atoms with van der Waals surface area (Å²) in [5.41, 5.74) is 4.90. The van der Waals surface area contributed by atoms with E-state index >= 15 is 0 Å². The van der Waals surface area contributed by atoms with Gasteiger partial charge in [0, 0.05) is 61.8 Å². The zero-order valence-electron chi connectivity index (χ0n) is 20.3. The number of amidine groups is 2. The van der Waals surface area contributed by atoms with Crippen molar-refractivity contribution in [2.24, 2.45) is 20.9 Å². The van der Waals surface area contributed by atoms with Gasteiger partial charge >= 0.3 is 0 Å². The summed E-state index contributed by atoms with van der Waals surface area (Å²) in [6.45, 7) is 3.08. The summed E-state index contributed by atoms with van der Waals surface area (Å²) in [4.78, 5) is 21.0. The molecule has 0 aromatic carbocycles. The maximum absolute atomic E-state index is 6.22. The predicted molar refractivity (Wildman–Crippen MR) is 146 cm³/mol. The van der Waals surface area contributed by atoms with Crippen molar-refractivity contribution in [1.82, 2.24) is 19.6 Å². The minimum Gasteiger partial charge on any atom is -0.457 e. The lowest BCUT2D eigenvalue weighted by Gasteiger charge is -2.26. The molecule has 4 heterocycles. The molecule has 0 bridgehead atoms. The predicted octanol–water partition coefficient (Wildman–Crippen LogP) is 4.68. The molecule has 0 radical (unpaired) electrons. The standard InChI is InChI=1S/C27H27N7OS/c1-18-14-19(4-3-5-24(18)35-21-8-10-34-11-9-28-25(34)16-21)31-26-22-15-20(6-7-23(22)29-17-30-26)32-27-33(2)12-13-36-27/h4-11,14,16-17,22H,3,12-13,15H2,1-2H3,(H,29,30,31). The van der Waals surface area contributed by atoms with E-state index in [1.807, 2.05) is 35.9 Å². The molecule has 1 atom stereocenters. The summed E-state index contributed by atoms with van der Waals surface area (Å²) in [6.07, 6.45) is 19.3. The summed E-state index contributed by atoms with van der Waals surface area (Å²) >= 11 is 1.81. The van der Waals surface area contributed by atoms with Crippen molar-refractivity contribution in [3.63, 3.8) is 0 Å². The molecular weight excluding hydrogens is 470 g/mol. The zero-order chi connectivity index (χ0) is 24.5. The summed E-state index contributed by atoms with van der Waals surface area (Å²) in [7, 11) is 2.10. The third kappa shape index (κ3) is 4.66. The molecule has 1 fully saturated rings. The summed E-state index contributed by atoms with van der Waals surface area (Å²) < 4.78 is 8.17. The minimum atomic E-state index is 0.0545. The van der Waals surface area contributed by atoms with Gasteiger partial charge in [-0.05, 0) is 49.3 Å². The molecule has 6 rings (SSSR count). The largest absolute Gasteiger partial charge is 0.457 e. The molecule has 1 N–H and O–H groups in total. The van der Waals surface area contributed by atoms with Crippen molar-refractivity contribution in [1.29, 1.82) is 0 Å². The Morgan fingerprint density at radius 1 is 1.19 bits per heavy atom. The van der Waals surface area contributed by atoms with Gasteiger partial charge < -0.3 is 19.4 Å². The minimum absolute atomic E-state index is 0.0545. The van der Waals surface area contributed by atoms with Gasteiger partial charge in [-0.3, -0.25) is 0 Å². The maximum Gasteiger partial charge on any atom is 0.163 e. The highest BCUT2D eigenvalue weighted by atomic mass is 32.2. The van der Waals surface area contributed by atoms with Gasteiger partial charge in [-0.15, -0.1) is 0 Å². The van der Waals surface area contributed by atoms with Crippen LogP contribution in [0.3, 0.4) is 0 Å². The molecule has 36 heavy (non-hydrogen) atoms. The number of ether oxygens (including phenoxy) is 1. The molecule has 2 aromatic heterocycles. The van der Waals surface area contributed by atoms with Crippen LogP contribution in [-0.2, 0) is 0 Å². The van der Waals surface area contributed by atoms with Crippen LogP contribution in [0.5, 0.6) is 5.75 Å². The number of hydrogen-bond donors (Lipinski definition) is 1. The van der Waals surface area contributed by atoms with Crippen LogP contribution < -0.4 is 10.1 Å². The Morgan fingerprint density at radius 2 is 2.14 bits per heavy atom. The van der Waals surface area contributed by atoms with Gasteiger partial charge in [-0.25, -0.2) is 20.0 Å². The van der Waals surface area contributed by atoms with Gasteiger partial charge in [0.05, 0.1) is 18.0 Å². The van der Waals surface area contributed by atoms with Crippen molar-refractivity contribution < 1.29 is 4.74 Å². The number of thioether (sulfide) groups is 1. The molecule has 4 aliphatic rings. The van der Waals surface area contributed by atoms with Crippen LogP contribution in [0.4, 0.5) is 0 Å². The van der Waals surface area contributed by atoms with Crippen LogP contribution >= 0.6 is 11.8 Å². The molecule has 0 saturated carbocycles. The molecule has 9 heteroatoms. The van der Waals surface area contributed by atoms with E-state index in [0.717, 1.165) is 76.0 Å². The van der Waals surface area contributed by atoms with Gasteiger partial charge in [0.1, 0.15) is 23.0 Å². The van der Waals surface area contributed by atoms with Crippen LogP contribution in [0.2, 0.25) is 0 Å². The molecule has 2 aliphatic heterocycles. The maximum atomic E-state index is 6.22. The first-order chi connectivity index (χ1) is 17.6. The number of nitrogens with one attached hydrogen (secondary N) is 1. The highest BCUT2D eigenvalue weighted by Gasteiger charge is 2.28. The summed E-state index contributed by atoms with van der Waals surface area (Å²) in [5, 5.41) is 4.37. The first kappa shape index (κ1) is 22.6. The van der Waals surface area contributed by atoms with Crippen molar-refractivity contribution in [3.8, 4) is 5.75 Å². The molecule has 2 aliphatic carbocycles. The second-order valence-corrected chi connectivity index (χ2v) is 10.1. The Labute approximate surface area is 214 Å². The molecule has 0 amide bonds. The highest BCUT2D eigenvalue weighted by Crippen LogP contribution is 2.31. The van der Waals surface area contributed by atoms with Gasteiger partial charge in [-0.1, -0.05) is 17.8 Å². The van der Waals surface area contributed by atoms with E-state index in [9.17, 15) is 0 Å². The molecule has 8 nitrogen and oxygen atoms in total. The second kappa shape index (κ2) is 9.66. The first-order valence-electron chi connectivity index (χ1n) is 12.0. The Balaban J connectivity index is 1.20. The summed E-state index contributed by atoms with van der Waals surface area (Å²) in [5.74, 6) is 3.52. The summed E-state index contributed by atoms with van der Waals surface area (Å²) in [6, 6.07) is 3.88. The number of rotatable bonds is 4. The normalized spacial score (nSPS) is 24.0. The van der Waals surface area contributed by atoms with Crippen LogP contribution in [0, 0.1) is 5.92 Å². The highest BCUT2D eigenvalue weighted by molar-refractivity contribution is 8.14. The number of aromatic nitrogens is 2. The fourth-order valence-electron chi connectivity index (χ4n) is 4.46. The molecule has 182 valence electrons. The van der Waals surface area contributed by atoms with E-state index in [1.165, 1.54) is 0 Å². The van der Waals surface area contributed by atoms with Crippen molar-refractivity contribution in [2.45, 2.75) is 19.8 Å². The molecule has 1 unspecified atom stereocenters. The smallest absolute Gasteiger partial charge is 0.163 e. The number of hydrogen-bond acceptors (Lipinski definition) is 6. The van der Waals surface area contributed by atoms with Crippen LogP contribution in [-0.4, -0.2) is 51.0 Å². The lowest BCUT2D eigenvalue weighted by molar-refractivity contribution is 0.434. The topological polar surface area (TPSA) is 78.9 Å². The van der Waals surface area contributed by atoms with Gasteiger partial charge in [0.2, 0.25) is 0 Å². The Hall–Kier alpha value is -3.85. The number of aliphatic imine (C=N–C) groups is 3. The number of fused-ring (bicyclic) bond motifs is 2. The molecule has 0 spiro atoms. The van der Waals surface area contributed by atoms with Crippen LogP contribution in [0.25, 0.3) is 5.65 Å². The van der Waals surface area contributed by atoms with Gasteiger partial charge in [-0.2, -0.15) is 0 Å². The van der Waals surface area contributed by atoms with Crippen LogP contribution in [0.15, 0.2) is 105 Å². The average molecular weight is 498 g/mol. The van der Waals surface area contributed by atoms with E-state index in [1.54, 1.807) is 24.3 Å². The monoisotopic (exact) mass is 497 g/mol. The quantitative estimate of drug-likeness (QED) is 0.663. The van der Waals surface area contributed by atoms with Gasteiger partial charge in [0.25, 0.3) is 0 Å². The van der Waals surface area contributed by atoms with E-state index in [-0.39, 0.29) is 5.92 Å². The lowest BCUT2D eigenvalue weighted by Crippen LogP contribution is -2.32. The molecular formula is C27H27N7OS. The van der Waals surface area contributed by atoms with E-state index < -0.39 is 0 Å². The third-order valence-electron chi connectivity index (χ3n) is 6.43. The first-order valence-corrected chi connectivity index (χ1v) is 13.0. The van der Waals surface area contributed by atoms with Crippen molar-refractivity contribution >= 4 is 34.8 Å². The molecule has 1 saturated heterocycles. The number of allylic oxidation sites excluding steroid dienone is 7. The van der Waals surface area contributed by atoms with E-state index in [4.69, 9.17) is 14.7 Å². The Morgan fingerprint density at radius 3 is 3.03 bits per heavy atom. The average Bonchev–Trinajstić information content (AvgIpc) is 3.47. The zero-order valence-corrected chi connectivity index (χ0v) is 21.1. The van der Waals surface area contributed by atoms with Crippen molar-refractivity contribution in [2.75, 3.05) is 19.3 Å². The van der Waals surface area contributed by atoms with E-state index in [2.05, 4.69) is 57.6 Å². The third-order valence-corrected chi connectivity index (χ3v) is 7.48. The lowest BCUT2D eigenvalue weighted by atomic mass is 9.92. The second-order valence-electron chi connectivity index (χ2n) is 8.99. The van der Waals surface area contributed by atoms with Gasteiger partial charge in [0.15, 0.2) is 5.17 Å². The Kier molecular flexibility index (Phi) is 6.06. The number of imidazole rings is 1. The SMILES string of the molecule is CC1=CC(N=C2N=CNC3=CC=C(N=C4SCCN4C)CC32)=CCC=C1Oc1ccn2ccnc2c1. The number of pyridine rings is 1. The van der Waals surface area contributed by atoms with E-state index in [0.29, 0.717) is 0 Å². The fourth-order valence-corrected chi connectivity index (χ4v) is 5.50. The molecule has 2 aromatic rings. The van der Waals surface area contributed by atoms with Crippen LogP contribution in [0.1, 0.15) is 19.8 Å². The Bertz CT molecular complexity index is 1450. The fraction of sp³-hybridized carbons (Fsp3) is 0.259. The van der Waals surface area contributed by atoms with Crippen molar-refractivity contribution in [3.05, 3.63) is 89.5 Å². The number of nitrogens with zero attached hydrogens (tertiary/aromatic N) is 6.